The maximum Gasteiger partial charge on any atom is 0.306 e. The van der Waals surface area contributed by atoms with Crippen LogP contribution in [-0.4, -0.2) is 5.97 Å². The zero-order valence-electron chi connectivity index (χ0n) is 19.3. The van der Waals surface area contributed by atoms with Crippen molar-refractivity contribution in [1.82, 2.24) is 0 Å². The Morgan fingerprint density at radius 1 is 0.735 bits per heavy atom. The van der Waals surface area contributed by atoms with E-state index in [1.54, 1.807) is 11.8 Å². The van der Waals surface area contributed by atoms with Crippen molar-refractivity contribution in [3.05, 3.63) is 125 Å². The zero-order valence-corrected chi connectivity index (χ0v) is 20.1. The topological polar surface area (TPSA) is 35.5 Å². The van der Waals surface area contributed by atoms with Crippen LogP contribution >= 0.6 is 11.8 Å². The van der Waals surface area contributed by atoms with E-state index in [9.17, 15) is 4.79 Å². The summed E-state index contributed by atoms with van der Waals surface area (Å²) < 4.78 is 11.4. The normalized spacial score (nSPS) is 10.6. The summed E-state index contributed by atoms with van der Waals surface area (Å²) in [5.41, 5.74) is 4.50. The minimum atomic E-state index is -0.172. The number of hydrogen-bond donors (Lipinski definition) is 0. The Labute approximate surface area is 205 Å². The van der Waals surface area contributed by atoms with Gasteiger partial charge in [-0.15, -0.1) is 0 Å². The molecule has 4 rings (SSSR count). The van der Waals surface area contributed by atoms with Crippen LogP contribution in [0.2, 0.25) is 0 Å². The van der Waals surface area contributed by atoms with E-state index in [4.69, 9.17) is 9.47 Å². The van der Waals surface area contributed by atoms with E-state index >= 15 is 0 Å². The molecule has 0 fully saturated rings. The summed E-state index contributed by atoms with van der Waals surface area (Å²) in [5.74, 6) is 0.685. The molecule has 34 heavy (non-hydrogen) atoms. The fraction of sp³-hybridized carbons (Fsp3) is 0.167. The predicted octanol–water partition coefficient (Wildman–Crippen LogP) is 7.40. The molecule has 0 saturated heterocycles. The third-order valence-corrected chi connectivity index (χ3v) is 6.42. The number of aryl methyl sites for hydroxylation is 2. The molecule has 0 spiro atoms. The first-order chi connectivity index (χ1) is 16.7. The van der Waals surface area contributed by atoms with Gasteiger partial charge in [0.05, 0.1) is 0 Å². The maximum absolute atomic E-state index is 12.1. The summed E-state index contributed by atoms with van der Waals surface area (Å²) in [6, 6.07) is 34.5. The van der Waals surface area contributed by atoms with Crippen LogP contribution in [0.15, 0.2) is 113 Å². The number of ether oxygens (including phenoxy) is 2. The average Bonchev–Trinajstić information content (AvgIpc) is 2.87. The van der Waals surface area contributed by atoms with Gasteiger partial charge in [-0.25, -0.2) is 0 Å². The van der Waals surface area contributed by atoms with E-state index in [0.29, 0.717) is 26.1 Å². The highest BCUT2D eigenvalue weighted by Gasteiger charge is 2.08. The third kappa shape index (κ3) is 7.26. The molecule has 0 radical (unpaired) electrons. The smallest absolute Gasteiger partial charge is 0.306 e. The Morgan fingerprint density at radius 3 is 2.12 bits per heavy atom. The quantitative estimate of drug-likeness (QED) is 0.227. The van der Waals surface area contributed by atoms with Gasteiger partial charge in [-0.2, -0.15) is 0 Å². The van der Waals surface area contributed by atoms with Gasteiger partial charge in [-0.3, -0.25) is 4.79 Å². The van der Waals surface area contributed by atoms with Crippen LogP contribution in [0.4, 0.5) is 0 Å². The summed E-state index contributed by atoms with van der Waals surface area (Å²) in [4.78, 5) is 14.4. The van der Waals surface area contributed by atoms with E-state index < -0.39 is 0 Å². The van der Waals surface area contributed by atoms with Crippen LogP contribution in [-0.2, 0) is 29.2 Å². The van der Waals surface area contributed by atoms with Crippen LogP contribution < -0.4 is 4.74 Å². The van der Waals surface area contributed by atoms with Crippen LogP contribution in [0.3, 0.4) is 0 Å². The van der Waals surface area contributed by atoms with Gasteiger partial charge in [0.15, 0.2) is 0 Å². The molecule has 0 aliphatic heterocycles. The summed E-state index contributed by atoms with van der Waals surface area (Å²) in [6.07, 6.45) is 1.05. The largest absolute Gasteiger partial charge is 0.489 e. The maximum atomic E-state index is 12.1. The molecular weight excluding hydrogens is 440 g/mol. The molecule has 172 valence electrons. The molecule has 0 heterocycles. The molecule has 0 unspecified atom stereocenters. The number of rotatable bonds is 10. The number of carbonyl (C=O) groups excluding carboxylic acids is 1. The Kier molecular flexibility index (Phi) is 8.42. The zero-order chi connectivity index (χ0) is 23.6. The molecule has 3 nitrogen and oxygen atoms in total. The Morgan fingerprint density at radius 2 is 1.41 bits per heavy atom. The van der Waals surface area contributed by atoms with Gasteiger partial charge >= 0.3 is 5.97 Å². The molecule has 0 atom stereocenters. The minimum Gasteiger partial charge on any atom is -0.489 e. The number of carbonyl (C=O) groups is 1. The second-order valence-corrected chi connectivity index (χ2v) is 9.23. The van der Waals surface area contributed by atoms with Crippen molar-refractivity contribution in [2.24, 2.45) is 0 Å². The predicted molar refractivity (Wildman–Crippen MR) is 137 cm³/mol. The van der Waals surface area contributed by atoms with E-state index in [0.717, 1.165) is 26.7 Å². The van der Waals surface area contributed by atoms with E-state index in [2.05, 4.69) is 49.4 Å². The van der Waals surface area contributed by atoms with Crippen molar-refractivity contribution >= 4 is 17.7 Å². The van der Waals surface area contributed by atoms with Crippen LogP contribution in [0.1, 0.15) is 28.7 Å². The Balaban J connectivity index is 1.28. The Bertz CT molecular complexity index is 1210. The molecule has 0 aliphatic carbocycles. The lowest BCUT2D eigenvalue weighted by Crippen LogP contribution is -2.06. The Hall–Kier alpha value is -3.50. The van der Waals surface area contributed by atoms with Gasteiger partial charge in [0.2, 0.25) is 0 Å². The lowest BCUT2D eigenvalue weighted by Gasteiger charge is -2.10. The van der Waals surface area contributed by atoms with Crippen molar-refractivity contribution in [1.29, 1.82) is 0 Å². The van der Waals surface area contributed by atoms with Gasteiger partial charge in [0.1, 0.15) is 19.0 Å². The van der Waals surface area contributed by atoms with Gasteiger partial charge in [-0.1, -0.05) is 84.6 Å². The molecule has 0 aromatic heterocycles. The number of hydrogen-bond acceptors (Lipinski definition) is 4. The average molecular weight is 469 g/mol. The standard InChI is InChI=1S/C30H28O3S/c1-23-19-29(17-15-26(23)16-18-30(31)33-22-25-11-6-3-7-12-25)34-28-14-8-13-27(20-28)32-21-24-9-4-2-5-10-24/h2-15,17,19-20H,16,18,21-22H2,1H3. The molecular formula is C30H28O3S. The van der Waals surface area contributed by atoms with Crippen molar-refractivity contribution in [2.45, 2.75) is 42.8 Å². The van der Waals surface area contributed by atoms with Crippen molar-refractivity contribution < 1.29 is 14.3 Å². The highest BCUT2D eigenvalue weighted by Crippen LogP contribution is 2.31. The second-order valence-electron chi connectivity index (χ2n) is 8.09. The first kappa shape index (κ1) is 23.7. The van der Waals surface area contributed by atoms with Gasteiger partial charge < -0.3 is 9.47 Å². The number of esters is 1. The number of benzene rings is 4. The summed E-state index contributed by atoms with van der Waals surface area (Å²) >= 11 is 1.70. The second kappa shape index (κ2) is 12.1. The van der Waals surface area contributed by atoms with Crippen LogP contribution in [0.5, 0.6) is 5.75 Å². The van der Waals surface area contributed by atoms with Crippen molar-refractivity contribution in [2.75, 3.05) is 0 Å². The fourth-order valence-corrected chi connectivity index (χ4v) is 4.53. The third-order valence-electron chi connectivity index (χ3n) is 5.44. The molecule has 0 bridgehead atoms. The summed E-state index contributed by atoms with van der Waals surface area (Å²) in [6.45, 7) is 2.97. The van der Waals surface area contributed by atoms with E-state index in [-0.39, 0.29) is 5.97 Å². The lowest BCUT2D eigenvalue weighted by molar-refractivity contribution is -0.144. The first-order valence-corrected chi connectivity index (χ1v) is 12.2. The SMILES string of the molecule is Cc1cc(Sc2cccc(OCc3ccccc3)c2)ccc1CCC(=O)OCc1ccccc1. The molecule has 4 aromatic carbocycles. The van der Waals surface area contributed by atoms with Crippen LogP contribution in [0.25, 0.3) is 0 Å². The minimum absolute atomic E-state index is 0.172. The molecule has 4 aromatic rings. The van der Waals surface area contributed by atoms with E-state index in [1.165, 1.54) is 11.1 Å². The van der Waals surface area contributed by atoms with Gasteiger partial charge in [0, 0.05) is 16.2 Å². The lowest BCUT2D eigenvalue weighted by atomic mass is 10.0. The summed E-state index contributed by atoms with van der Waals surface area (Å²) in [7, 11) is 0. The molecule has 0 saturated carbocycles. The van der Waals surface area contributed by atoms with E-state index in [1.807, 2.05) is 60.7 Å². The van der Waals surface area contributed by atoms with Gasteiger partial charge in [0.25, 0.3) is 0 Å². The molecule has 4 heteroatoms. The molecule has 0 aliphatic rings. The monoisotopic (exact) mass is 468 g/mol. The fourth-order valence-electron chi connectivity index (χ4n) is 3.56. The first-order valence-electron chi connectivity index (χ1n) is 11.4. The highest BCUT2D eigenvalue weighted by atomic mass is 32.2. The molecule has 0 amide bonds. The molecule has 0 N–H and O–H groups in total. The van der Waals surface area contributed by atoms with Crippen LogP contribution in [0, 0.1) is 6.92 Å². The van der Waals surface area contributed by atoms with Crippen molar-refractivity contribution in [3.63, 3.8) is 0 Å². The van der Waals surface area contributed by atoms with Crippen molar-refractivity contribution in [3.8, 4) is 5.75 Å². The van der Waals surface area contributed by atoms with Gasteiger partial charge in [-0.05, 0) is 65.9 Å². The summed E-state index contributed by atoms with van der Waals surface area (Å²) in [5, 5.41) is 0. The highest BCUT2D eigenvalue weighted by molar-refractivity contribution is 7.99.